The van der Waals surface area contributed by atoms with Gasteiger partial charge in [-0.2, -0.15) is 0 Å². The van der Waals surface area contributed by atoms with Crippen LogP contribution < -0.4 is 0 Å². The summed E-state index contributed by atoms with van der Waals surface area (Å²) in [6, 6.07) is 54.4. The van der Waals surface area contributed by atoms with Gasteiger partial charge in [0, 0.05) is 11.3 Å². The lowest BCUT2D eigenvalue weighted by molar-refractivity contribution is 0.591. The first kappa shape index (κ1) is 34.7. The zero-order valence-corrected chi connectivity index (χ0v) is 31.0. The fourth-order valence-electron chi connectivity index (χ4n) is 8.01. The number of hydrogen-bond acceptors (Lipinski definition) is 0. The Morgan fingerprint density at radius 3 is 1.04 bits per heavy atom. The molecular weight excluding hydrogens is 601 g/mol. The first-order valence-electron chi connectivity index (χ1n) is 18.2. The van der Waals surface area contributed by atoms with Gasteiger partial charge in [0.1, 0.15) is 0 Å². The standard InChI is InChI=1S/C17H18.C16H14.C15H12.C2H6/c1-12-13-8-4-6-10-15(13)17(2,3)16-11-7-5-9-14(12)16;1-11-13-7-3-5-9-15(13)12(2)16-10-6-4-8-14(11)16;1-11-14-8-4-2-6-12(14)10-13-7-3-5-9-15(11)13;1-2/h4-12H,1-3H3;3-10H,1-2H3;2-10H,1H3;1-2H3. The number of fused-ring (bicyclic) bond motifs is 6. The highest BCUT2D eigenvalue weighted by Gasteiger charge is 2.34. The van der Waals surface area contributed by atoms with Crippen molar-refractivity contribution in [1.29, 1.82) is 0 Å². The van der Waals surface area contributed by atoms with E-state index < -0.39 is 0 Å². The Bertz CT molecular complexity index is 2200. The fraction of sp³-hybridized carbons (Fsp3) is 0.200. The van der Waals surface area contributed by atoms with Gasteiger partial charge in [-0.1, -0.05) is 180 Å². The van der Waals surface area contributed by atoms with Crippen LogP contribution in [-0.2, 0) is 5.41 Å². The van der Waals surface area contributed by atoms with Crippen LogP contribution in [0.5, 0.6) is 0 Å². The van der Waals surface area contributed by atoms with Crippen LogP contribution in [0.25, 0.3) is 43.1 Å². The van der Waals surface area contributed by atoms with Gasteiger partial charge < -0.3 is 0 Å². The van der Waals surface area contributed by atoms with Crippen molar-refractivity contribution in [1.82, 2.24) is 0 Å². The molecule has 0 aromatic heterocycles. The molecule has 0 amide bonds. The van der Waals surface area contributed by atoms with E-state index in [0.717, 1.165) is 0 Å². The summed E-state index contributed by atoms with van der Waals surface area (Å²) in [5, 5.41) is 10.9. The lowest BCUT2D eigenvalue weighted by Crippen LogP contribution is -2.28. The summed E-state index contributed by atoms with van der Waals surface area (Å²) >= 11 is 0. The minimum absolute atomic E-state index is 0.125. The Labute approximate surface area is 299 Å². The van der Waals surface area contributed by atoms with E-state index in [1.165, 1.54) is 82.0 Å². The second-order valence-electron chi connectivity index (χ2n) is 13.8. The molecule has 0 heteroatoms. The minimum atomic E-state index is 0.125. The topological polar surface area (TPSA) is 0 Å². The van der Waals surface area contributed by atoms with Gasteiger partial charge in [-0.25, -0.2) is 0 Å². The molecule has 8 aromatic carbocycles. The van der Waals surface area contributed by atoms with Gasteiger partial charge in [0.15, 0.2) is 0 Å². The normalized spacial score (nSPS) is 12.9. The quantitative estimate of drug-likeness (QED) is 0.143. The second kappa shape index (κ2) is 14.7. The Morgan fingerprint density at radius 1 is 0.380 bits per heavy atom. The summed E-state index contributed by atoms with van der Waals surface area (Å²) in [5.74, 6) is 0.510. The van der Waals surface area contributed by atoms with Crippen molar-refractivity contribution >= 4 is 43.1 Å². The van der Waals surface area contributed by atoms with Crippen LogP contribution in [0.1, 0.15) is 79.5 Å². The van der Waals surface area contributed by atoms with E-state index in [4.69, 9.17) is 0 Å². The summed E-state index contributed by atoms with van der Waals surface area (Å²) in [6.07, 6.45) is 0. The summed E-state index contributed by atoms with van der Waals surface area (Å²) in [4.78, 5) is 0. The molecule has 250 valence electrons. The van der Waals surface area contributed by atoms with Gasteiger partial charge in [0.05, 0.1) is 0 Å². The second-order valence-corrected chi connectivity index (χ2v) is 13.8. The highest BCUT2D eigenvalue weighted by molar-refractivity contribution is 6.05. The molecule has 0 nitrogen and oxygen atoms in total. The van der Waals surface area contributed by atoms with Gasteiger partial charge in [0.2, 0.25) is 0 Å². The van der Waals surface area contributed by atoms with Crippen molar-refractivity contribution in [3.8, 4) is 0 Å². The zero-order valence-electron chi connectivity index (χ0n) is 31.0. The smallest absolute Gasteiger partial charge is 0.0152 e. The monoisotopic (exact) mass is 650 g/mol. The van der Waals surface area contributed by atoms with Crippen LogP contribution in [0, 0.1) is 20.8 Å². The average molecular weight is 651 g/mol. The highest BCUT2D eigenvalue weighted by Crippen LogP contribution is 2.46. The lowest BCUT2D eigenvalue weighted by atomic mass is 9.66. The third-order valence-corrected chi connectivity index (χ3v) is 10.7. The number of benzene rings is 8. The van der Waals surface area contributed by atoms with Gasteiger partial charge in [-0.3, -0.25) is 0 Å². The first-order valence-corrected chi connectivity index (χ1v) is 18.2. The molecule has 0 aliphatic heterocycles. The Hall–Kier alpha value is -5.20. The van der Waals surface area contributed by atoms with Crippen molar-refractivity contribution in [2.24, 2.45) is 0 Å². The van der Waals surface area contributed by atoms with E-state index in [1.54, 1.807) is 0 Å². The minimum Gasteiger partial charge on any atom is -0.0683 e. The third-order valence-electron chi connectivity index (χ3n) is 10.7. The van der Waals surface area contributed by atoms with Crippen LogP contribution in [0.3, 0.4) is 0 Å². The highest BCUT2D eigenvalue weighted by atomic mass is 14.4. The van der Waals surface area contributed by atoms with Gasteiger partial charge in [-0.15, -0.1) is 0 Å². The van der Waals surface area contributed by atoms with Crippen LogP contribution in [0.15, 0.2) is 152 Å². The maximum Gasteiger partial charge on any atom is 0.0152 e. The number of rotatable bonds is 0. The molecule has 8 aromatic rings. The summed E-state index contributed by atoms with van der Waals surface area (Å²) in [6.45, 7) is 17.6. The zero-order chi connectivity index (χ0) is 35.4. The first-order chi connectivity index (χ1) is 24.3. The third kappa shape index (κ3) is 6.32. The van der Waals surface area contributed by atoms with Crippen molar-refractivity contribution in [3.05, 3.63) is 191 Å². The van der Waals surface area contributed by atoms with Gasteiger partial charge >= 0.3 is 0 Å². The van der Waals surface area contributed by atoms with E-state index in [2.05, 4.69) is 193 Å². The van der Waals surface area contributed by atoms with Crippen molar-refractivity contribution in [3.63, 3.8) is 0 Å². The van der Waals surface area contributed by atoms with Crippen LogP contribution in [0.2, 0.25) is 0 Å². The van der Waals surface area contributed by atoms with Gasteiger partial charge in [-0.05, 0) is 109 Å². The van der Waals surface area contributed by atoms with E-state index in [1.807, 2.05) is 13.8 Å². The maximum absolute atomic E-state index is 2.33. The predicted octanol–water partition coefficient (Wildman–Crippen LogP) is 14.4. The molecule has 0 bridgehead atoms. The summed E-state index contributed by atoms with van der Waals surface area (Å²) < 4.78 is 0. The molecule has 1 aliphatic carbocycles. The molecule has 0 fully saturated rings. The van der Waals surface area contributed by atoms with Crippen molar-refractivity contribution in [2.45, 2.75) is 66.7 Å². The van der Waals surface area contributed by atoms with Crippen molar-refractivity contribution in [2.75, 3.05) is 0 Å². The molecule has 0 radical (unpaired) electrons. The molecule has 0 spiro atoms. The van der Waals surface area contributed by atoms with Gasteiger partial charge in [0.25, 0.3) is 0 Å². The summed E-state index contributed by atoms with van der Waals surface area (Å²) in [7, 11) is 0. The Balaban J connectivity index is 0.000000127. The van der Waals surface area contributed by atoms with E-state index in [-0.39, 0.29) is 5.41 Å². The van der Waals surface area contributed by atoms with Crippen LogP contribution in [-0.4, -0.2) is 0 Å². The molecule has 0 atom stereocenters. The Kier molecular flexibility index (Phi) is 10.2. The maximum atomic E-state index is 2.33. The molecule has 50 heavy (non-hydrogen) atoms. The molecule has 0 saturated heterocycles. The molecule has 0 N–H and O–H groups in total. The molecule has 1 aliphatic rings. The fourth-order valence-corrected chi connectivity index (χ4v) is 8.01. The van der Waals surface area contributed by atoms with Crippen molar-refractivity contribution < 1.29 is 0 Å². The number of aryl methyl sites for hydroxylation is 3. The molecule has 0 saturated carbocycles. The SMILES string of the molecule is CC.CC1c2ccccc2C(C)(C)c2ccccc21.Cc1c2ccccc2c(C)c2ccccc12.Cc1c2ccccc2cc2ccccc12. The van der Waals surface area contributed by atoms with Crippen LogP contribution >= 0.6 is 0 Å². The molecule has 0 unspecified atom stereocenters. The molecular formula is C50H50. The number of hydrogen-bond donors (Lipinski definition) is 0. The van der Waals surface area contributed by atoms with Crippen LogP contribution in [0.4, 0.5) is 0 Å². The molecule has 0 heterocycles. The average Bonchev–Trinajstić information content (AvgIpc) is 3.18. The van der Waals surface area contributed by atoms with E-state index >= 15 is 0 Å². The van der Waals surface area contributed by atoms with E-state index in [0.29, 0.717) is 5.92 Å². The molecule has 9 rings (SSSR count). The van der Waals surface area contributed by atoms with E-state index in [9.17, 15) is 0 Å². The summed E-state index contributed by atoms with van der Waals surface area (Å²) in [5.41, 5.74) is 10.2. The largest absolute Gasteiger partial charge is 0.0683 e. The Morgan fingerprint density at radius 2 is 0.660 bits per heavy atom. The lowest BCUT2D eigenvalue weighted by Gasteiger charge is -2.38. The predicted molar refractivity (Wildman–Crippen MR) is 221 cm³/mol.